The van der Waals surface area contributed by atoms with Crippen molar-refractivity contribution in [2.45, 2.75) is 5.41 Å². The van der Waals surface area contributed by atoms with Crippen molar-refractivity contribution >= 4 is 33.8 Å². The zero-order chi connectivity index (χ0) is 26.5. The number of hydrogen-bond acceptors (Lipinski definition) is 6. The number of nitrogens with zero attached hydrogens (tertiary/aromatic N) is 1. The predicted molar refractivity (Wildman–Crippen MR) is 147 cm³/mol. The Labute approximate surface area is 224 Å². The molecule has 6 nitrogen and oxygen atoms in total. The Morgan fingerprint density at radius 1 is 0.872 bits per heavy atom. The van der Waals surface area contributed by atoms with Crippen LogP contribution in [0.2, 0.25) is 0 Å². The minimum Gasteiger partial charge on any atom is -0.497 e. The minimum absolute atomic E-state index is 0.204. The van der Waals surface area contributed by atoms with E-state index >= 15 is 0 Å². The minimum atomic E-state index is -1.57. The highest BCUT2D eigenvalue weighted by atomic mass is 16.5. The van der Waals surface area contributed by atoms with Crippen LogP contribution in [0.4, 0.5) is 0 Å². The van der Waals surface area contributed by atoms with Gasteiger partial charge in [0, 0.05) is 40.9 Å². The number of hydrogen-bond donors (Lipinski definition) is 1. The van der Waals surface area contributed by atoms with Crippen molar-refractivity contribution in [1.29, 1.82) is 0 Å². The topological polar surface area (TPSA) is 75.7 Å². The standard InChI is InChI=1S/C33H22N2O4/c1-39-20-14-12-19(13-15-20)29(36)27-32-34-16-17-35(32)28-21-8-2-3-9-22(21)30(37)26(28)33(27)24-11-5-7-18-6-4-10-23(25(18)24)31(33)38/h2-15,34H,16-17H2,1H3. The zero-order valence-corrected chi connectivity index (χ0v) is 21.1. The quantitative estimate of drug-likeness (QED) is 0.395. The van der Waals surface area contributed by atoms with E-state index in [1.165, 1.54) is 0 Å². The number of carbonyl (C=O) groups is 3. The van der Waals surface area contributed by atoms with Crippen molar-refractivity contribution in [2.24, 2.45) is 0 Å². The average Bonchev–Trinajstić information content (AvgIpc) is 3.64. The van der Waals surface area contributed by atoms with Crippen molar-refractivity contribution in [3.63, 3.8) is 0 Å². The Morgan fingerprint density at radius 2 is 1.59 bits per heavy atom. The molecular weight excluding hydrogens is 488 g/mol. The first-order valence-corrected chi connectivity index (χ1v) is 13.0. The van der Waals surface area contributed by atoms with E-state index in [-0.39, 0.29) is 17.3 Å². The summed E-state index contributed by atoms with van der Waals surface area (Å²) in [6.45, 7) is 1.17. The molecule has 8 rings (SSSR count). The van der Waals surface area contributed by atoms with E-state index in [1.54, 1.807) is 31.4 Å². The number of fused-ring (bicyclic) bond motifs is 6. The summed E-state index contributed by atoms with van der Waals surface area (Å²) < 4.78 is 5.31. The second kappa shape index (κ2) is 7.54. The van der Waals surface area contributed by atoms with Crippen LogP contribution in [0, 0.1) is 0 Å². The third-order valence-corrected chi connectivity index (χ3v) is 8.52. The van der Waals surface area contributed by atoms with E-state index in [2.05, 4.69) is 5.32 Å². The number of ether oxygens (including phenoxy) is 1. The third kappa shape index (κ3) is 2.53. The number of methoxy groups -OCH3 is 1. The van der Waals surface area contributed by atoms with Crippen molar-refractivity contribution in [3.05, 3.63) is 130 Å². The molecule has 2 aliphatic heterocycles. The summed E-state index contributed by atoms with van der Waals surface area (Å²) in [5.41, 5.74) is 2.83. The molecule has 2 aliphatic carbocycles. The van der Waals surface area contributed by atoms with Gasteiger partial charge in [-0.15, -0.1) is 0 Å². The highest BCUT2D eigenvalue weighted by Crippen LogP contribution is 2.60. The molecule has 1 spiro atoms. The second-order valence-corrected chi connectivity index (χ2v) is 10.2. The normalized spacial score (nSPS) is 20.5. The van der Waals surface area contributed by atoms with Crippen LogP contribution in [0.3, 0.4) is 0 Å². The van der Waals surface area contributed by atoms with E-state index in [0.717, 1.165) is 22.0 Å². The molecule has 1 fully saturated rings. The Morgan fingerprint density at radius 3 is 2.36 bits per heavy atom. The Hall–Kier alpha value is -4.97. The molecule has 188 valence electrons. The van der Waals surface area contributed by atoms with Crippen molar-refractivity contribution in [2.75, 3.05) is 20.2 Å². The molecule has 0 saturated carbocycles. The van der Waals surface area contributed by atoms with Crippen LogP contribution >= 0.6 is 0 Å². The van der Waals surface area contributed by atoms with Crippen LogP contribution in [0.5, 0.6) is 5.75 Å². The van der Waals surface area contributed by atoms with E-state index in [1.807, 2.05) is 65.6 Å². The molecule has 1 saturated heterocycles. The maximum Gasteiger partial charge on any atom is 0.194 e. The molecule has 4 aliphatic rings. The number of benzene rings is 4. The molecule has 0 aromatic heterocycles. The maximum absolute atomic E-state index is 14.9. The van der Waals surface area contributed by atoms with Gasteiger partial charge in [-0.05, 0) is 40.6 Å². The Bertz CT molecular complexity index is 1880. The first-order chi connectivity index (χ1) is 19.1. The smallest absolute Gasteiger partial charge is 0.194 e. The summed E-state index contributed by atoms with van der Waals surface area (Å²) in [4.78, 5) is 45.9. The lowest BCUT2D eigenvalue weighted by Crippen LogP contribution is -2.47. The van der Waals surface area contributed by atoms with Gasteiger partial charge in [0.1, 0.15) is 17.0 Å². The van der Waals surface area contributed by atoms with Gasteiger partial charge < -0.3 is 15.0 Å². The number of nitrogens with one attached hydrogen (secondary N) is 1. The number of Topliss-reactive ketones (excluding diaryl/α,β-unsaturated/α-hetero) is 3. The highest BCUT2D eigenvalue weighted by molar-refractivity contribution is 6.36. The molecule has 4 aromatic carbocycles. The fourth-order valence-electron chi connectivity index (χ4n) is 6.96. The van der Waals surface area contributed by atoms with Crippen molar-refractivity contribution < 1.29 is 19.1 Å². The Balaban J connectivity index is 1.50. The van der Waals surface area contributed by atoms with E-state index in [4.69, 9.17) is 4.74 Å². The molecule has 2 heterocycles. The van der Waals surface area contributed by atoms with Crippen LogP contribution in [0.15, 0.2) is 102 Å². The SMILES string of the molecule is COc1ccc(C(=O)C2=C3NCCN3C3=C(C(=O)c4ccccc43)C23C(=O)c2cccc4cccc3c24)cc1. The molecule has 39 heavy (non-hydrogen) atoms. The summed E-state index contributed by atoms with van der Waals surface area (Å²) in [6.07, 6.45) is 0. The molecule has 1 unspecified atom stereocenters. The lowest BCUT2D eigenvalue weighted by atomic mass is 9.63. The fraction of sp³-hybridized carbons (Fsp3) is 0.121. The first-order valence-electron chi connectivity index (χ1n) is 13.0. The van der Waals surface area contributed by atoms with Gasteiger partial charge in [-0.2, -0.15) is 0 Å². The van der Waals surface area contributed by atoms with Gasteiger partial charge in [-0.3, -0.25) is 14.4 Å². The molecule has 0 bridgehead atoms. The number of carbonyl (C=O) groups excluding carboxylic acids is 3. The highest BCUT2D eigenvalue weighted by Gasteiger charge is 2.63. The molecule has 6 heteroatoms. The van der Waals surface area contributed by atoms with Gasteiger partial charge in [0.25, 0.3) is 0 Å². The summed E-state index contributed by atoms with van der Waals surface area (Å²) in [5, 5.41) is 5.14. The summed E-state index contributed by atoms with van der Waals surface area (Å²) >= 11 is 0. The predicted octanol–water partition coefficient (Wildman–Crippen LogP) is 4.90. The molecular formula is C33H22N2O4. The fourth-order valence-corrected chi connectivity index (χ4v) is 6.96. The van der Waals surface area contributed by atoms with Crippen molar-refractivity contribution in [3.8, 4) is 5.75 Å². The molecule has 0 amide bonds. The maximum atomic E-state index is 14.9. The molecule has 1 atom stereocenters. The van der Waals surface area contributed by atoms with Gasteiger partial charge in [-0.1, -0.05) is 60.7 Å². The summed E-state index contributed by atoms with van der Waals surface area (Å²) in [5.74, 6) is 0.492. The lowest BCUT2D eigenvalue weighted by molar-refractivity contribution is 0.0877. The van der Waals surface area contributed by atoms with Crippen molar-refractivity contribution in [1.82, 2.24) is 10.2 Å². The molecule has 4 aromatic rings. The largest absolute Gasteiger partial charge is 0.497 e. The number of rotatable bonds is 3. The van der Waals surface area contributed by atoms with E-state index in [0.29, 0.717) is 58.1 Å². The van der Waals surface area contributed by atoms with Gasteiger partial charge in [-0.25, -0.2) is 0 Å². The van der Waals surface area contributed by atoms with Gasteiger partial charge in [0.15, 0.2) is 17.3 Å². The first kappa shape index (κ1) is 22.1. The van der Waals surface area contributed by atoms with E-state index < -0.39 is 5.41 Å². The monoisotopic (exact) mass is 510 g/mol. The van der Waals surface area contributed by atoms with Crippen LogP contribution in [-0.4, -0.2) is 42.4 Å². The van der Waals surface area contributed by atoms with Crippen LogP contribution in [-0.2, 0) is 5.41 Å². The second-order valence-electron chi connectivity index (χ2n) is 10.2. The van der Waals surface area contributed by atoms with Gasteiger partial charge in [0.05, 0.1) is 18.4 Å². The van der Waals surface area contributed by atoms with Crippen LogP contribution < -0.4 is 10.1 Å². The van der Waals surface area contributed by atoms with Gasteiger partial charge >= 0.3 is 0 Å². The van der Waals surface area contributed by atoms with Crippen LogP contribution in [0.25, 0.3) is 16.5 Å². The number of allylic oxidation sites excluding steroid dienone is 2. The van der Waals surface area contributed by atoms with Crippen LogP contribution in [0.1, 0.15) is 42.2 Å². The summed E-state index contributed by atoms with van der Waals surface area (Å²) in [6, 6.07) is 25.8. The van der Waals surface area contributed by atoms with Gasteiger partial charge in [0.2, 0.25) is 0 Å². The lowest BCUT2D eigenvalue weighted by Gasteiger charge is -2.40. The molecule has 0 radical (unpaired) electrons. The zero-order valence-electron chi connectivity index (χ0n) is 21.1. The average molecular weight is 511 g/mol. The van der Waals surface area contributed by atoms with E-state index in [9.17, 15) is 14.4 Å². The summed E-state index contributed by atoms with van der Waals surface area (Å²) in [7, 11) is 1.57. The third-order valence-electron chi connectivity index (χ3n) is 8.52. The Kier molecular flexibility index (Phi) is 4.26. The molecule has 1 N–H and O–H groups in total. The number of ketones is 3.